The average molecular weight is 546 g/mol. The Hall–Kier alpha value is -3.37. The van der Waals surface area contributed by atoms with Crippen molar-refractivity contribution in [3.8, 4) is 0 Å². The topological polar surface area (TPSA) is 106 Å². The molecule has 1 aromatic heterocycles. The maximum absolute atomic E-state index is 12.7. The Balaban J connectivity index is 1.68. The fourth-order valence-corrected chi connectivity index (χ4v) is 4.30. The van der Waals surface area contributed by atoms with E-state index in [2.05, 4.69) is 26.6 Å². The van der Waals surface area contributed by atoms with Gasteiger partial charge in [0.2, 0.25) is 5.91 Å². The predicted octanol–water partition coefficient (Wildman–Crippen LogP) is 5.49. The Kier molecular flexibility index (Phi) is 7.63. The van der Waals surface area contributed by atoms with Crippen molar-refractivity contribution in [2.45, 2.75) is 31.3 Å². The molecule has 8 nitrogen and oxygen atoms in total. The molecule has 0 unspecified atom stereocenters. The van der Waals surface area contributed by atoms with Gasteiger partial charge in [0.1, 0.15) is 5.60 Å². The van der Waals surface area contributed by atoms with Gasteiger partial charge in [0, 0.05) is 22.9 Å². The second kappa shape index (κ2) is 10.3. The molecule has 178 valence electrons. The van der Waals surface area contributed by atoms with Crippen molar-refractivity contribution in [1.82, 2.24) is 3.97 Å². The first-order chi connectivity index (χ1) is 15.9. The lowest BCUT2D eigenvalue weighted by Gasteiger charge is -2.20. The third-order valence-electron chi connectivity index (χ3n) is 4.33. The quantitative estimate of drug-likeness (QED) is 0.398. The van der Waals surface area contributed by atoms with E-state index >= 15 is 0 Å². The molecule has 0 aliphatic rings. The predicted molar refractivity (Wildman–Crippen MR) is 135 cm³/mol. The number of carbonyl (C=O) groups is 2. The van der Waals surface area contributed by atoms with Gasteiger partial charge in [-0.3, -0.25) is 10.1 Å². The summed E-state index contributed by atoms with van der Waals surface area (Å²) in [6.45, 7) is 5.26. The summed E-state index contributed by atoms with van der Waals surface area (Å²) >= 11 is 3.28. The number of benzene rings is 2. The summed E-state index contributed by atoms with van der Waals surface area (Å²) in [5.74, 6) is -0.457. The highest BCUT2D eigenvalue weighted by molar-refractivity contribution is 9.10. The van der Waals surface area contributed by atoms with Gasteiger partial charge in [0.15, 0.2) is 0 Å². The molecule has 2 amide bonds. The Morgan fingerprint density at radius 2 is 1.59 bits per heavy atom. The van der Waals surface area contributed by atoms with Gasteiger partial charge in [0.25, 0.3) is 10.0 Å². The summed E-state index contributed by atoms with van der Waals surface area (Å²) in [7, 11) is -3.74. The van der Waals surface area contributed by atoms with Gasteiger partial charge >= 0.3 is 6.09 Å². The fourth-order valence-electron chi connectivity index (χ4n) is 2.83. The van der Waals surface area contributed by atoms with Crippen LogP contribution in [-0.2, 0) is 19.6 Å². The van der Waals surface area contributed by atoms with Crippen LogP contribution < -0.4 is 10.6 Å². The van der Waals surface area contributed by atoms with Crippen molar-refractivity contribution in [2.75, 3.05) is 10.6 Å². The number of anilines is 2. The molecule has 0 saturated carbocycles. The number of rotatable bonds is 6. The number of para-hydroxylation sites is 2. The zero-order valence-electron chi connectivity index (χ0n) is 18.8. The maximum Gasteiger partial charge on any atom is 0.412 e. The number of nitrogens with zero attached hydrogens (tertiary/aromatic N) is 1. The van der Waals surface area contributed by atoms with Gasteiger partial charge in [0.05, 0.1) is 16.3 Å². The van der Waals surface area contributed by atoms with E-state index in [1.54, 1.807) is 63.2 Å². The SMILES string of the molecule is CC(C)(C)OC(=O)Nc1ccccc1NC(=O)/C=C/c1ccn(S(=O)(=O)c2ccc(Br)cc2)c1. The van der Waals surface area contributed by atoms with E-state index in [9.17, 15) is 18.0 Å². The number of hydrogen-bond donors (Lipinski definition) is 2. The number of ether oxygens (including phenoxy) is 1. The molecule has 0 radical (unpaired) electrons. The van der Waals surface area contributed by atoms with Crippen molar-refractivity contribution in [1.29, 1.82) is 0 Å². The van der Waals surface area contributed by atoms with Crippen LogP contribution in [0.25, 0.3) is 6.08 Å². The van der Waals surface area contributed by atoms with Gasteiger partial charge in [-0.1, -0.05) is 28.1 Å². The number of hydrogen-bond acceptors (Lipinski definition) is 5. The van der Waals surface area contributed by atoms with Crippen LogP contribution >= 0.6 is 15.9 Å². The van der Waals surface area contributed by atoms with Crippen molar-refractivity contribution < 1.29 is 22.7 Å². The van der Waals surface area contributed by atoms with E-state index < -0.39 is 27.6 Å². The van der Waals surface area contributed by atoms with Crippen LogP contribution in [0.15, 0.2) is 82.4 Å². The van der Waals surface area contributed by atoms with Crippen molar-refractivity contribution in [2.24, 2.45) is 0 Å². The molecule has 0 bridgehead atoms. The van der Waals surface area contributed by atoms with Gasteiger partial charge in [-0.15, -0.1) is 0 Å². The minimum atomic E-state index is -3.74. The number of nitrogens with one attached hydrogen (secondary N) is 2. The minimum absolute atomic E-state index is 0.147. The zero-order chi connectivity index (χ0) is 24.9. The van der Waals surface area contributed by atoms with Gasteiger partial charge < -0.3 is 10.1 Å². The molecule has 0 aliphatic heterocycles. The van der Waals surface area contributed by atoms with E-state index in [0.29, 0.717) is 16.9 Å². The normalized spacial score (nSPS) is 11.9. The van der Waals surface area contributed by atoms with Crippen LogP contribution in [0.2, 0.25) is 0 Å². The molecule has 3 aromatic rings. The van der Waals surface area contributed by atoms with E-state index in [1.807, 2.05) is 0 Å². The molecule has 0 atom stereocenters. The Morgan fingerprint density at radius 1 is 0.971 bits per heavy atom. The van der Waals surface area contributed by atoms with Gasteiger partial charge in [-0.05, 0) is 74.9 Å². The highest BCUT2D eigenvalue weighted by Crippen LogP contribution is 2.22. The standard InChI is InChI=1S/C24H24BrN3O5S/c1-24(2,3)33-23(30)27-21-7-5-4-6-20(21)26-22(29)13-8-17-14-15-28(16-17)34(31,32)19-11-9-18(25)10-12-19/h4-16H,1-3H3,(H,26,29)(H,27,30)/b13-8+. The zero-order valence-corrected chi connectivity index (χ0v) is 21.2. The second-order valence-corrected chi connectivity index (χ2v) is 11.0. The van der Waals surface area contributed by atoms with Crippen molar-refractivity contribution >= 4 is 55.4 Å². The molecule has 0 saturated heterocycles. The van der Waals surface area contributed by atoms with E-state index in [4.69, 9.17) is 4.74 Å². The van der Waals surface area contributed by atoms with E-state index in [0.717, 1.165) is 8.45 Å². The summed E-state index contributed by atoms with van der Waals surface area (Å²) in [5, 5.41) is 5.30. The number of halogens is 1. The Morgan fingerprint density at radius 3 is 2.21 bits per heavy atom. The Bertz CT molecular complexity index is 1320. The molecule has 1 heterocycles. The van der Waals surface area contributed by atoms with Crippen LogP contribution in [0.1, 0.15) is 26.3 Å². The van der Waals surface area contributed by atoms with E-state index in [-0.39, 0.29) is 4.90 Å². The number of carbonyl (C=O) groups excluding carboxylic acids is 2. The first-order valence-electron chi connectivity index (χ1n) is 10.2. The summed E-state index contributed by atoms with van der Waals surface area (Å²) in [5.41, 5.74) is 0.631. The summed E-state index contributed by atoms with van der Waals surface area (Å²) in [4.78, 5) is 24.7. The van der Waals surface area contributed by atoms with Crippen LogP contribution in [0.5, 0.6) is 0 Å². The summed E-state index contributed by atoms with van der Waals surface area (Å²) in [6, 6.07) is 14.6. The van der Waals surface area contributed by atoms with Crippen molar-refractivity contribution in [3.05, 3.63) is 83.1 Å². The van der Waals surface area contributed by atoms with Crippen LogP contribution in [0.3, 0.4) is 0 Å². The highest BCUT2D eigenvalue weighted by atomic mass is 79.9. The Labute approximate surface area is 206 Å². The molecular formula is C24H24BrN3O5S. The molecular weight excluding hydrogens is 522 g/mol. The first-order valence-corrected chi connectivity index (χ1v) is 12.4. The van der Waals surface area contributed by atoms with Crippen LogP contribution in [0.4, 0.5) is 16.2 Å². The minimum Gasteiger partial charge on any atom is -0.444 e. The van der Waals surface area contributed by atoms with Gasteiger partial charge in [-0.2, -0.15) is 0 Å². The summed E-state index contributed by atoms with van der Waals surface area (Å²) in [6.07, 6.45) is 4.95. The molecule has 2 aromatic carbocycles. The molecule has 0 fully saturated rings. The fraction of sp³-hybridized carbons (Fsp3) is 0.167. The lowest BCUT2D eigenvalue weighted by molar-refractivity contribution is -0.111. The van der Waals surface area contributed by atoms with E-state index in [1.165, 1.54) is 36.7 Å². The monoisotopic (exact) mass is 545 g/mol. The smallest absolute Gasteiger partial charge is 0.412 e. The van der Waals surface area contributed by atoms with Crippen LogP contribution in [-0.4, -0.2) is 30.0 Å². The second-order valence-electron chi connectivity index (χ2n) is 8.23. The number of aromatic nitrogens is 1. The molecule has 3 rings (SSSR count). The van der Waals surface area contributed by atoms with Crippen LogP contribution in [0, 0.1) is 0 Å². The highest BCUT2D eigenvalue weighted by Gasteiger charge is 2.18. The largest absolute Gasteiger partial charge is 0.444 e. The molecule has 2 N–H and O–H groups in total. The number of amides is 2. The molecule has 34 heavy (non-hydrogen) atoms. The molecule has 0 spiro atoms. The summed E-state index contributed by atoms with van der Waals surface area (Å²) < 4.78 is 32.6. The average Bonchev–Trinajstić information content (AvgIpc) is 3.23. The van der Waals surface area contributed by atoms with Gasteiger partial charge in [-0.25, -0.2) is 17.2 Å². The lowest BCUT2D eigenvalue weighted by atomic mass is 10.2. The third kappa shape index (κ3) is 6.82. The molecule has 10 heteroatoms. The lowest BCUT2D eigenvalue weighted by Crippen LogP contribution is -2.27. The third-order valence-corrected chi connectivity index (χ3v) is 6.51. The maximum atomic E-state index is 12.7. The molecule has 0 aliphatic carbocycles. The first kappa shape index (κ1) is 25.3. The van der Waals surface area contributed by atoms with Crippen molar-refractivity contribution in [3.63, 3.8) is 0 Å².